The molecule has 2 heteroatoms. The van der Waals surface area contributed by atoms with E-state index in [1.54, 1.807) is 11.3 Å². The van der Waals surface area contributed by atoms with Crippen molar-refractivity contribution in [2.45, 2.75) is 20.5 Å². The molecule has 0 fully saturated rings. The van der Waals surface area contributed by atoms with E-state index in [2.05, 4.69) is 30.5 Å². The maximum Gasteiger partial charge on any atom is 0.0730 e. The molecule has 0 bridgehead atoms. The second kappa shape index (κ2) is 4.11. The van der Waals surface area contributed by atoms with E-state index in [1.807, 2.05) is 6.92 Å². The van der Waals surface area contributed by atoms with Gasteiger partial charge in [0.05, 0.1) is 6.61 Å². The molecule has 0 radical (unpaired) electrons. The van der Waals surface area contributed by atoms with E-state index >= 15 is 0 Å². The van der Waals surface area contributed by atoms with Crippen LogP contribution in [0, 0.1) is 6.92 Å². The Hall–Kier alpha value is -0.860. The summed E-state index contributed by atoms with van der Waals surface area (Å²) in [4.78, 5) is 0. The van der Waals surface area contributed by atoms with Gasteiger partial charge >= 0.3 is 0 Å². The number of aryl methyl sites for hydroxylation is 1. The van der Waals surface area contributed by atoms with Crippen LogP contribution in [0.4, 0.5) is 0 Å². The maximum atomic E-state index is 5.45. The summed E-state index contributed by atoms with van der Waals surface area (Å²) >= 11 is 1.80. The largest absolute Gasteiger partial charge is 0.377 e. The van der Waals surface area contributed by atoms with Crippen LogP contribution in [0.25, 0.3) is 10.1 Å². The highest BCUT2D eigenvalue weighted by atomic mass is 32.1. The minimum atomic E-state index is 0.737. The van der Waals surface area contributed by atoms with E-state index in [-0.39, 0.29) is 0 Å². The van der Waals surface area contributed by atoms with Crippen molar-refractivity contribution in [1.82, 2.24) is 0 Å². The lowest BCUT2D eigenvalue weighted by molar-refractivity contribution is 0.135. The van der Waals surface area contributed by atoms with Crippen LogP contribution in [0.3, 0.4) is 0 Å². The molecular formula is C12H14OS. The number of rotatable bonds is 3. The lowest BCUT2D eigenvalue weighted by Crippen LogP contribution is -1.90. The first-order valence-electron chi connectivity index (χ1n) is 4.86. The van der Waals surface area contributed by atoms with Gasteiger partial charge in [0.1, 0.15) is 0 Å². The third kappa shape index (κ3) is 1.68. The Morgan fingerprint density at radius 2 is 2.21 bits per heavy atom. The molecule has 14 heavy (non-hydrogen) atoms. The second-order valence-corrected chi connectivity index (χ2v) is 4.26. The van der Waals surface area contributed by atoms with Crippen molar-refractivity contribution in [1.29, 1.82) is 0 Å². The molecule has 2 aromatic rings. The van der Waals surface area contributed by atoms with Crippen LogP contribution in [-0.2, 0) is 11.3 Å². The molecule has 1 heterocycles. The lowest BCUT2D eigenvalue weighted by Gasteiger charge is -2.01. The van der Waals surface area contributed by atoms with Gasteiger partial charge in [-0.3, -0.25) is 0 Å². The van der Waals surface area contributed by atoms with Gasteiger partial charge in [0.2, 0.25) is 0 Å². The second-order valence-electron chi connectivity index (χ2n) is 3.35. The number of ether oxygens (including phenoxy) is 1. The van der Waals surface area contributed by atoms with Crippen molar-refractivity contribution in [3.05, 3.63) is 34.7 Å². The summed E-state index contributed by atoms with van der Waals surface area (Å²) in [6.45, 7) is 5.70. The smallest absolute Gasteiger partial charge is 0.0730 e. The fourth-order valence-corrected chi connectivity index (χ4v) is 2.68. The minimum absolute atomic E-state index is 0.737. The standard InChI is InChI=1S/C12H14OS/c1-3-13-7-10-8-14-11-6-4-5-9(2)12(10)11/h4-6,8H,3,7H2,1-2H3. The van der Waals surface area contributed by atoms with Gasteiger partial charge in [-0.15, -0.1) is 11.3 Å². The van der Waals surface area contributed by atoms with E-state index in [0.29, 0.717) is 0 Å². The highest BCUT2D eigenvalue weighted by Crippen LogP contribution is 2.29. The Bertz CT molecular complexity index is 431. The van der Waals surface area contributed by atoms with E-state index < -0.39 is 0 Å². The molecule has 2 rings (SSSR count). The van der Waals surface area contributed by atoms with Crippen molar-refractivity contribution >= 4 is 21.4 Å². The maximum absolute atomic E-state index is 5.45. The molecule has 0 aliphatic heterocycles. The van der Waals surface area contributed by atoms with Crippen LogP contribution < -0.4 is 0 Å². The van der Waals surface area contributed by atoms with Gasteiger partial charge in [0, 0.05) is 16.7 Å². The molecule has 0 aliphatic rings. The number of thiophene rings is 1. The Balaban J connectivity index is 2.45. The monoisotopic (exact) mass is 206 g/mol. The summed E-state index contributed by atoms with van der Waals surface area (Å²) in [5.74, 6) is 0. The zero-order valence-electron chi connectivity index (χ0n) is 8.54. The molecule has 0 unspecified atom stereocenters. The summed E-state index contributed by atoms with van der Waals surface area (Å²) in [5, 5.41) is 3.58. The lowest BCUT2D eigenvalue weighted by atomic mass is 10.1. The Labute approximate surface area is 88.3 Å². The van der Waals surface area contributed by atoms with Crippen molar-refractivity contribution in [3.8, 4) is 0 Å². The van der Waals surface area contributed by atoms with E-state index in [4.69, 9.17) is 4.74 Å². The third-order valence-corrected chi connectivity index (χ3v) is 3.34. The quantitative estimate of drug-likeness (QED) is 0.743. The fraction of sp³-hybridized carbons (Fsp3) is 0.333. The third-order valence-electron chi connectivity index (χ3n) is 2.35. The predicted octanol–water partition coefficient (Wildman–Crippen LogP) is 3.75. The molecule has 1 aromatic heterocycles. The zero-order chi connectivity index (χ0) is 9.97. The first-order chi connectivity index (χ1) is 6.83. The highest BCUT2D eigenvalue weighted by Gasteiger charge is 2.05. The molecule has 0 atom stereocenters. The molecule has 0 amide bonds. The van der Waals surface area contributed by atoms with Crippen LogP contribution >= 0.6 is 11.3 Å². The van der Waals surface area contributed by atoms with Crippen molar-refractivity contribution in [2.24, 2.45) is 0 Å². The molecule has 1 nitrogen and oxygen atoms in total. The average molecular weight is 206 g/mol. The van der Waals surface area contributed by atoms with Gasteiger partial charge in [-0.25, -0.2) is 0 Å². The summed E-state index contributed by atoms with van der Waals surface area (Å²) in [6.07, 6.45) is 0. The van der Waals surface area contributed by atoms with Crippen LogP contribution in [0.5, 0.6) is 0 Å². The van der Waals surface area contributed by atoms with Gasteiger partial charge in [-0.05, 0) is 36.4 Å². The van der Waals surface area contributed by atoms with Gasteiger partial charge in [-0.1, -0.05) is 12.1 Å². The predicted molar refractivity (Wildman–Crippen MR) is 61.9 cm³/mol. The molecule has 1 aromatic carbocycles. The average Bonchev–Trinajstić information content (AvgIpc) is 2.59. The molecule has 0 saturated heterocycles. The van der Waals surface area contributed by atoms with Crippen LogP contribution in [-0.4, -0.2) is 6.61 Å². The van der Waals surface area contributed by atoms with E-state index in [1.165, 1.54) is 21.2 Å². The minimum Gasteiger partial charge on any atom is -0.377 e. The van der Waals surface area contributed by atoms with E-state index in [0.717, 1.165) is 13.2 Å². The zero-order valence-corrected chi connectivity index (χ0v) is 9.36. The molecule has 0 aliphatic carbocycles. The first-order valence-corrected chi connectivity index (χ1v) is 5.74. The van der Waals surface area contributed by atoms with Gasteiger partial charge in [0.25, 0.3) is 0 Å². The fourth-order valence-electron chi connectivity index (χ4n) is 1.66. The Morgan fingerprint density at radius 3 is 3.00 bits per heavy atom. The van der Waals surface area contributed by atoms with Crippen LogP contribution in [0.15, 0.2) is 23.6 Å². The van der Waals surface area contributed by atoms with E-state index in [9.17, 15) is 0 Å². The van der Waals surface area contributed by atoms with Crippen molar-refractivity contribution in [2.75, 3.05) is 6.61 Å². The summed E-state index contributed by atoms with van der Waals surface area (Å²) in [6, 6.07) is 6.44. The van der Waals surface area contributed by atoms with Gasteiger partial charge < -0.3 is 4.74 Å². The number of benzene rings is 1. The topological polar surface area (TPSA) is 9.23 Å². The van der Waals surface area contributed by atoms with Gasteiger partial charge in [-0.2, -0.15) is 0 Å². The Kier molecular flexibility index (Phi) is 2.85. The van der Waals surface area contributed by atoms with Gasteiger partial charge in [0.15, 0.2) is 0 Å². The Morgan fingerprint density at radius 1 is 1.36 bits per heavy atom. The molecule has 0 saturated carbocycles. The number of fused-ring (bicyclic) bond motifs is 1. The first kappa shape index (κ1) is 9.69. The van der Waals surface area contributed by atoms with Crippen LogP contribution in [0.1, 0.15) is 18.1 Å². The molecule has 0 N–H and O–H groups in total. The highest BCUT2D eigenvalue weighted by molar-refractivity contribution is 7.17. The SMILES string of the molecule is CCOCc1csc2cccc(C)c12. The number of hydrogen-bond donors (Lipinski definition) is 0. The van der Waals surface area contributed by atoms with Crippen molar-refractivity contribution in [3.63, 3.8) is 0 Å². The molecular weight excluding hydrogens is 192 g/mol. The molecule has 0 spiro atoms. The number of hydrogen-bond acceptors (Lipinski definition) is 2. The summed E-state index contributed by atoms with van der Waals surface area (Å²) < 4.78 is 6.81. The normalized spacial score (nSPS) is 11.0. The van der Waals surface area contributed by atoms with Crippen molar-refractivity contribution < 1.29 is 4.74 Å². The molecule has 74 valence electrons. The van der Waals surface area contributed by atoms with Crippen LogP contribution in [0.2, 0.25) is 0 Å². The summed E-state index contributed by atoms with van der Waals surface area (Å²) in [7, 11) is 0. The summed E-state index contributed by atoms with van der Waals surface area (Å²) in [5.41, 5.74) is 2.67.